The van der Waals surface area contributed by atoms with Crippen LogP contribution in [0.25, 0.3) is 16.8 Å². The van der Waals surface area contributed by atoms with Crippen LogP contribution in [-0.2, 0) is 0 Å². The van der Waals surface area contributed by atoms with Crippen molar-refractivity contribution in [2.75, 3.05) is 18.5 Å². The van der Waals surface area contributed by atoms with Gasteiger partial charge in [0.15, 0.2) is 0 Å². The number of ether oxygens (including phenoxy) is 1. The van der Waals surface area contributed by atoms with E-state index in [-0.39, 0.29) is 18.8 Å². The van der Waals surface area contributed by atoms with Crippen LogP contribution in [0.4, 0.5) is 10.1 Å². The lowest BCUT2D eigenvalue weighted by atomic mass is 10.0. The maximum absolute atomic E-state index is 14.2. The summed E-state index contributed by atoms with van der Waals surface area (Å²) in [6.45, 7) is 0.0543. The topological polar surface area (TPSA) is 75.9 Å². The van der Waals surface area contributed by atoms with Crippen LogP contribution in [0.2, 0.25) is 0 Å². The van der Waals surface area contributed by atoms with Gasteiger partial charge < -0.3 is 19.6 Å². The second-order valence-electron chi connectivity index (χ2n) is 6.39. The van der Waals surface area contributed by atoms with Crippen LogP contribution in [0.1, 0.15) is 10.4 Å². The van der Waals surface area contributed by atoms with Crippen LogP contribution >= 0.6 is 0 Å². The monoisotopic (exact) mass is 391 g/mol. The fourth-order valence-corrected chi connectivity index (χ4v) is 3.01. The molecule has 2 N–H and O–H groups in total. The molecule has 2 aromatic heterocycles. The number of pyridine rings is 1. The number of carbonyl (C=O) groups excluding carboxylic acids is 1. The molecule has 0 aliphatic rings. The molecule has 0 aliphatic carbocycles. The van der Waals surface area contributed by atoms with Crippen molar-refractivity contribution >= 4 is 17.2 Å². The molecule has 6 nitrogen and oxygen atoms in total. The highest BCUT2D eigenvalue weighted by Gasteiger charge is 2.12. The average Bonchev–Trinajstić information content (AvgIpc) is 3.20. The Kier molecular flexibility index (Phi) is 5.22. The van der Waals surface area contributed by atoms with Crippen LogP contribution in [0.3, 0.4) is 0 Å². The Bertz CT molecular complexity index is 1170. The van der Waals surface area contributed by atoms with Crippen molar-refractivity contribution in [1.82, 2.24) is 9.38 Å². The fraction of sp³-hybridized carbons (Fsp3) is 0.0909. The van der Waals surface area contributed by atoms with Crippen LogP contribution < -0.4 is 10.1 Å². The zero-order valence-electron chi connectivity index (χ0n) is 15.4. The second-order valence-corrected chi connectivity index (χ2v) is 6.39. The quantitative estimate of drug-likeness (QED) is 0.525. The van der Waals surface area contributed by atoms with E-state index < -0.39 is 11.7 Å². The summed E-state index contributed by atoms with van der Waals surface area (Å²) in [5, 5.41) is 11.6. The average molecular weight is 391 g/mol. The molecule has 2 aromatic carbocycles. The number of rotatable bonds is 6. The molecule has 0 unspecified atom stereocenters. The molecule has 0 saturated heterocycles. The van der Waals surface area contributed by atoms with Gasteiger partial charge in [0.05, 0.1) is 6.61 Å². The minimum atomic E-state index is -0.504. The van der Waals surface area contributed by atoms with Gasteiger partial charge in [-0.15, -0.1) is 0 Å². The summed E-state index contributed by atoms with van der Waals surface area (Å²) in [6.07, 6.45) is 5.34. The molecule has 0 bridgehead atoms. The number of aromatic nitrogens is 2. The molecule has 0 saturated carbocycles. The highest BCUT2D eigenvalue weighted by Crippen LogP contribution is 2.24. The van der Waals surface area contributed by atoms with Gasteiger partial charge in [-0.1, -0.05) is 6.07 Å². The fourth-order valence-electron chi connectivity index (χ4n) is 3.01. The van der Waals surface area contributed by atoms with Crippen molar-refractivity contribution in [3.05, 3.63) is 84.6 Å². The van der Waals surface area contributed by atoms with Gasteiger partial charge in [0, 0.05) is 35.9 Å². The maximum Gasteiger partial charge on any atom is 0.255 e. The number of amides is 1. The van der Waals surface area contributed by atoms with Crippen LogP contribution in [0.5, 0.6) is 5.75 Å². The summed E-state index contributed by atoms with van der Waals surface area (Å²) in [6, 6.07) is 14.7. The number of fused-ring (bicyclic) bond motifs is 1. The number of anilines is 1. The molecule has 0 atom stereocenters. The summed E-state index contributed by atoms with van der Waals surface area (Å²) in [7, 11) is 0. The van der Waals surface area contributed by atoms with E-state index in [1.807, 2.05) is 28.9 Å². The van der Waals surface area contributed by atoms with Gasteiger partial charge in [0.2, 0.25) is 0 Å². The first kappa shape index (κ1) is 18.6. The number of nitrogens with zero attached hydrogens (tertiary/aromatic N) is 2. The van der Waals surface area contributed by atoms with Gasteiger partial charge in [-0.2, -0.15) is 0 Å². The molecule has 1 amide bonds. The first-order valence-corrected chi connectivity index (χ1v) is 9.01. The van der Waals surface area contributed by atoms with E-state index >= 15 is 0 Å². The van der Waals surface area contributed by atoms with E-state index in [1.54, 1.807) is 36.5 Å². The molecule has 7 heteroatoms. The lowest BCUT2D eigenvalue weighted by Gasteiger charge is -2.10. The van der Waals surface area contributed by atoms with Gasteiger partial charge >= 0.3 is 0 Å². The number of carbonyl (C=O) groups is 1. The van der Waals surface area contributed by atoms with Crippen molar-refractivity contribution in [1.29, 1.82) is 0 Å². The van der Waals surface area contributed by atoms with Crippen molar-refractivity contribution in [3.8, 4) is 16.9 Å². The minimum Gasteiger partial charge on any atom is -0.491 e. The molecule has 29 heavy (non-hydrogen) atoms. The summed E-state index contributed by atoms with van der Waals surface area (Å²) in [5.74, 6) is -0.423. The molecular formula is C22H18FN3O3. The summed E-state index contributed by atoms with van der Waals surface area (Å²) in [5.41, 5.74) is 2.79. The molecule has 0 spiro atoms. The highest BCUT2D eigenvalue weighted by atomic mass is 19.1. The van der Waals surface area contributed by atoms with Crippen molar-refractivity contribution in [2.45, 2.75) is 0 Å². The van der Waals surface area contributed by atoms with Crippen LogP contribution in [0, 0.1) is 5.82 Å². The molecule has 0 fully saturated rings. The van der Waals surface area contributed by atoms with E-state index in [2.05, 4.69) is 10.3 Å². The second kappa shape index (κ2) is 8.12. The Balaban J connectivity index is 1.59. The largest absolute Gasteiger partial charge is 0.491 e. The van der Waals surface area contributed by atoms with Crippen LogP contribution in [0.15, 0.2) is 73.2 Å². The number of aliphatic hydroxyl groups excluding tert-OH is 1. The molecule has 0 aliphatic heterocycles. The lowest BCUT2D eigenvalue weighted by molar-refractivity contribution is 0.102. The van der Waals surface area contributed by atoms with Gasteiger partial charge in [0.25, 0.3) is 5.91 Å². The number of hydrogen-bond donors (Lipinski definition) is 2. The number of imidazole rings is 1. The predicted octanol–water partition coefficient (Wildman–Crippen LogP) is 3.76. The van der Waals surface area contributed by atoms with E-state index in [1.165, 1.54) is 12.1 Å². The van der Waals surface area contributed by atoms with Gasteiger partial charge in [-0.3, -0.25) is 4.79 Å². The third-order valence-corrected chi connectivity index (χ3v) is 4.34. The SMILES string of the molecule is O=C(Nc1cccc(OCCO)c1)c1cc(F)cc(-c2ccn3ccnc3c2)c1. The number of aliphatic hydroxyl groups is 1. The lowest BCUT2D eigenvalue weighted by Crippen LogP contribution is -2.12. The molecule has 4 rings (SSSR count). The van der Waals surface area contributed by atoms with Gasteiger partial charge in [0.1, 0.15) is 23.8 Å². The Hall–Kier alpha value is -3.71. The number of hydrogen-bond acceptors (Lipinski definition) is 4. The van der Waals surface area contributed by atoms with Gasteiger partial charge in [-0.25, -0.2) is 9.37 Å². The smallest absolute Gasteiger partial charge is 0.255 e. The standard InChI is InChI=1S/C22H18FN3O3/c23-18-11-16(15-4-6-26-7-5-24-21(26)13-15)10-17(12-18)22(28)25-19-2-1-3-20(14-19)29-9-8-27/h1-7,10-14,27H,8-9H2,(H,25,28). The number of halogens is 1. The van der Waals surface area contributed by atoms with E-state index in [4.69, 9.17) is 9.84 Å². The maximum atomic E-state index is 14.2. The number of benzene rings is 2. The normalized spacial score (nSPS) is 10.8. The van der Waals surface area contributed by atoms with Crippen LogP contribution in [-0.4, -0.2) is 33.6 Å². The van der Waals surface area contributed by atoms with Crippen molar-refractivity contribution < 1.29 is 19.0 Å². The number of nitrogens with one attached hydrogen (secondary N) is 1. The molecular weight excluding hydrogens is 373 g/mol. The third-order valence-electron chi connectivity index (χ3n) is 4.34. The first-order valence-electron chi connectivity index (χ1n) is 9.01. The first-order chi connectivity index (χ1) is 14.1. The summed E-state index contributed by atoms with van der Waals surface area (Å²) < 4.78 is 21.4. The molecule has 0 radical (unpaired) electrons. The van der Waals surface area contributed by atoms with E-state index in [9.17, 15) is 9.18 Å². The Morgan fingerprint density at radius 3 is 2.86 bits per heavy atom. The Labute approximate surface area is 166 Å². The minimum absolute atomic E-state index is 0.104. The molecule has 146 valence electrons. The predicted molar refractivity (Wildman–Crippen MR) is 108 cm³/mol. The highest BCUT2D eigenvalue weighted by molar-refractivity contribution is 6.05. The third kappa shape index (κ3) is 4.25. The summed E-state index contributed by atoms with van der Waals surface area (Å²) in [4.78, 5) is 16.9. The van der Waals surface area contributed by atoms with Crippen molar-refractivity contribution in [2.24, 2.45) is 0 Å². The Morgan fingerprint density at radius 1 is 1.10 bits per heavy atom. The summed E-state index contributed by atoms with van der Waals surface area (Å²) >= 11 is 0. The van der Waals surface area contributed by atoms with Gasteiger partial charge in [-0.05, 0) is 53.6 Å². The Morgan fingerprint density at radius 2 is 2.00 bits per heavy atom. The van der Waals surface area contributed by atoms with E-state index in [0.717, 1.165) is 11.2 Å². The molecule has 4 aromatic rings. The zero-order chi connectivity index (χ0) is 20.2. The van der Waals surface area contributed by atoms with Crippen molar-refractivity contribution in [3.63, 3.8) is 0 Å². The molecule has 2 heterocycles. The van der Waals surface area contributed by atoms with E-state index in [0.29, 0.717) is 17.0 Å². The zero-order valence-corrected chi connectivity index (χ0v) is 15.4.